The van der Waals surface area contributed by atoms with Crippen LogP contribution in [0.1, 0.15) is 6.92 Å². The van der Waals surface area contributed by atoms with Crippen molar-refractivity contribution in [3.8, 4) is 0 Å². The van der Waals surface area contributed by atoms with Gasteiger partial charge in [-0.05, 0) is 12.5 Å². The Bertz CT molecular complexity index is 21.6. The second-order valence-corrected chi connectivity index (χ2v) is 9.02. The highest BCUT2D eigenvalue weighted by molar-refractivity contribution is 9.44. The van der Waals surface area contributed by atoms with Crippen LogP contribution in [0.4, 0.5) is 0 Å². The minimum Gasteiger partial charge on any atom is -0.0999 e. The van der Waals surface area contributed by atoms with Crippen LogP contribution < -0.4 is 0 Å². The highest BCUT2D eigenvalue weighted by atomic mass is 79.9. The Balaban J connectivity index is 2.54. The van der Waals surface area contributed by atoms with Gasteiger partial charge in [0.15, 0.2) is 0 Å². The fourth-order valence-corrected chi connectivity index (χ4v) is 0. The Morgan fingerprint density at radius 1 is 2.00 bits per heavy atom. The maximum Gasteiger partial charge on any atom is -0.0172 e. The van der Waals surface area contributed by atoms with Crippen LogP contribution in [0.2, 0.25) is 0 Å². The van der Waals surface area contributed by atoms with Crippen LogP contribution >= 0.6 is 30.7 Å². The van der Waals surface area contributed by atoms with Crippen molar-refractivity contribution in [3.05, 3.63) is 0 Å². The van der Waals surface area contributed by atoms with Gasteiger partial charge in [0.25, 0.3) is 0 Å². The molecular weight excluding hydrogens is 166 g/mol. The first-order chi connectivity index (χ1) is 2.27. The SMILES string of the molecule is CCP(P)Br. The number of rotatable bonds is 1. The molecule has 3 heteroatoms. The maximum absolute atomic E-state index is 3.40. The summed E-state index contributed by atoms with van der Waals surface area (Å²) in [6, 6.07) is 0. The molecule has 2 atom stereocenters. The van der Waals surface area contributed by atoms with E-state index in [4.69, 9.17) is 0 Å². The van der Waals surface area contributed by atoms with Crippen LogP contribution in [-0.2, 0) is 0 Å². The fourth-order valence-electron chi connectivity index (χ4n) is 0. The summed E-state index contributed by atoms with van der Waals surface area (Å²) in [5.41, 5.74) is 0. The molecule has 0 aromatic rings. The van der Waals surface area contributed by atoms with Gasteiger partial charge < -0.3 is 0 Å². The lowest BCUT2D eigenvalue weighted by molar-refractivity contribution is 1.53. The molecule has 0 rings (SSSR count). The number of hydrogen-bond donors (Lipinski definition) is 0. The zero-order chi connectivity index (χ0) is 4.28. The highest BCUT2D eigenvalue weighted by Crippen LogP contribution is 2.51. The average molecular weight is 173 g/mol. The van der Waals surface area contributed by atoms with E-state index in [1.807, 2.05) is 0 Å². The van der Waals surface area contributed by atoms with Gasteiger partial charge in [-0.25, -0.2) is 0 Å². The lowest BCUT2D eigenvalue weighted by Gasteiger charge is -1.88. The van der Waals surface area contributed by atoms with Gasteiger partial charge in [0.2, 0.25) is 0 Å². The molecule has 0 aliphatic heterocycles. The van der Waals surface area contributed by atoms with Crippen LogP contribution in [0.25, 0.3) is 0 Å². The summed E-state index contributed by atoms with van der Waals surface area (Å²) in [6.45, 7) is 2.16. The second-order valence-electron chi connectivity index (χ2n) is 0.716. The molecule has 0 aromatic carbocycles. The van der Waals surface area contributed by atoms with Crippen molar-refractivity contribution in [3.63, 3.8) is 0 Å². The fraction of sp³-hybridized carbons (Fsp3) is 1.00. The first-order valence-electron chi connectivity index (χ1n) is 1.45. The van der Waals surface area contributed by atoms with Gasteiger partial charge in [-0.3, -0.25) is 0 Å². The Morgan fingerprint density at radius 2 is 2.20 bits per heavy atom. The molecule has 5 heavy (non-hydrogen) atoms. The van der Waals surface area contributed by atoms with E-state index in [-0.39, 0.29) is 6.31 Å². The first-order valence-corrected chi connectivity index (χ1v) is 6.61. The van der Waals surface area contributed by atoms with E-state index in [1.165, 1.54) is 6.16 Å². The Morgan fingerprint density at radius 3 is 2.20 bits per heavy atom. The third-order valence-electron chi connectivity index (χ3n) is 0.302. The summed E-state index contributed by atoms with van der Waals surface area (Å²) in [4.78, 5) is 0. The molecular formula is C2H7BrP2. The summed E-state index contributed by atoms with van der Waals surface area (Å²) in [6.07, 6.45) is 1.38. The van der Waals surface area contributed by atoms with Crippen LogP contribution in [0.15, 0.2) is 0 Å². The quantitative estimate of drug-likeness (QED) is 0.534. The van der Waals surface area contributed by atoms with Crippen molar-refractivity contribution in [2.45, 2.75) is 6.92 Å². The molecule has 0 saturated carbocycles. The van der Waals surface area contributed by atoms with Gasteiger partial charge in [0.05, 0.1) is 0 Å². The van der Waals surface area contributed by atoms with Crippen molar-refractivity contribution in [1.29, 1.82) is 0 Å². The molecule has 0 aliphatic rings. The van der Waals surface area contributed by atoms with Gasteiger partial charge >= 0.3 is 0 Å². The normalized spacial score (nSPS) is 15.0. The van der Waals surface area contributed by atoms with E-state index < -0.39 is 0 Å². The zero-order valence-corrected chi connectivity index (χ0v) is 6.74. The molecule has 0 heterocycles. The molecule has 0 fully saturated rings. The summed E-state index contributed by atoms with van der Waals surface area (Å²) in [5, 5.41) is 0. The number of halogens is 1. The largest absolute Gasteiger partial charge is 0.0999 e. The molecule has 0 aromatic heterocycles. The smallest absolute Gasteiger partial charge is 0.0172 e. The minimum absolute atomic E-state index is 0.131. The predicted molar refractivity (Wildman–Crippen MR) is 36.1 cm³/mol. The summed E-state index contributed by atoms with van der Waals surface area (Å²) < 4.78 is 0. The van der Waals surface area contributed by atoms with E-state index >= 15 is 0 Å². The third-order valence-corrected chi connectivity index (χ3v) is 3.51. The second kappa shape index (κ2) is 3.53. The van der Waals surface area contributed by atoms with Crippen molar-refractivity contribution in [2.24, 2.45) is 0 Å². The zero-order valence-electron chi connectivity index (χ0n) is 3.11. The van der Waals surface area contributed by atoms with E-state index in [9.17, 15) is 0 Å². The van der Waals surface area contributed by atoms with Crippen LogP contribution in [-0.4, -0.2) is 6.16 Å². The minimum atomic E-state index is 0.131. The van der Waals surface area contributed by atoms with Crippen LogP contribution in [0.5, 0.6) is 0 Å². The molecule has 2 unspecified atom stereocenters. The maximum atomic E-state index is 3.40. The lowest BCUT2D eigenvalue weighted by atomic mass is 11.0. The van der Waals surface area contributed by atoms with Crippen molar-refractivity contribution in [2.75, 3.05) is 6.16 Å². The van der Waals surface area contributed by atoms with Crippen molar-refractivity contribution in [1.82, 2.24) is 0 Å². The Kier molecular flexibility index (Phi) is 4.47. The standard InChI is InChI=1S/C2H7BrP2/c1-2-5(3)4/h2,4H2,1H3. The van der Waals surface area contributed by atoms with E-state index in [0.29, 0.717) is 0 Å². The van der Waals surface area contributed by atoms with Crippen molar-refractivity contribution >= 4 is 30.7 Å². The topological polar surface area (TPSA) is 0 Å². The summed E-state index contributed by atoms with van der Waals surface area (Å²) >= 11 is 3.40. The monoisotopic (exact) mass is 172 g/mol. The summed E-state index contributed by atoms with van der Waals surface area (Å²) in [5.74, 6) is 0. The molecule has 32 valence electrons. The molecule has 0 radical (unpaired) electrons. The third kappa shape index (κ3) is 5.34. The van der Waals surface area contributed by atoms with E-state index in [0.717, 1.165) is 0 Å². The van der Waals surface area contributed by atoms with Crippen LogP contribution in [0, 0.1) is 0 Å². The van der Waals surface area contributed by atoms with Crippen molar-refractivity contribution < 1.29 is 0 Å². The Labute approximate surface area is 44.3 Å². The molecule has 0 bridgehead atoms. The molecule has 0 aliphatic carbocycles. The van der Waals surface area contributed by atoms with Crippen LogP contribution in [0.3, 0.4) is 0 Å². The highest BCUT2D eigenvalue weighted by Gasteiger charge is 1.81. The number of hydrogen-bond acceptors (Lipinski definition) is 0. The average Bonchev–Trinajstić information content (AvgIpc) is 1.38. The lowest BCUT2D eigenvalue weighted by Crippen LogP contribution is -1.49. The van der Waals surface area contributed by atoms with E-state index in [2.05, 4.69) is 31.3 Å². The molecule has 0 spiro atoms. The van der Waals surface area contributed by atoms with Gasteiger partial charge in [0, 0.05) is 0 Å². The molecule has 0 amide bonds. The van der Waals surface area contributed by atoms with E-state index in [1.54, 1.807) is 0 Å². The molecule has 0 saturated heterocycles. The van der Waals surface area contributed by atoms with Gasteiger partial charge in [0.1, 0.15) is 0 Å². The van der Waals surface area contributed by atoms with Gasteiger partial charge in [-0.2, -0.15) is 0 Å². The van der Waals surface area contributed by atoms with Gasteiger partial charge in [-0.1, -0.05) is 31.3 Å². The predicted octanol–water partition coefficient (Wildman–Crippen LogP) is 2.59. The summed E-state index contributed by atoms with van der Waals surface area (Å²) in [7, 11) is 2.72. The Hall–Kier alpha value is 1.34. The molecule has 0 nitrogen and oxygen atoms in total. The molecule has 0 N–H and O–H groups in total. The first kappa shape index (κ1) is 6.34. The van der Waals surface area contributed by atoms with Gasteiger partial charge in [-0.15, -0.1) is 0 Å².